The molecule has 0 radical (unpaired) electrons. The zero-order valence-electron chi connectivity index (χ0n) is 82.8. The number of fused-ring (bicyclic) bond motifs is 20. The zero-order chi connectivity index (χ0) is 93.9. The molecule has 0 saturated heterocycles. The van der Waals surface area contributed by atoms with Crippen molar-refractivity contribution >= 4 is 131 Å². The van der Waals surface area contributed by atoms with Crippen LogP contribution in [0.3, 0.4) is 0 Å². The van der Waals surface area contributed by atoms with E-state index in [0.717, 1.165) is 31.0 Å². The van der Waals surface area contributed by atoms with Crippen molar-refractivity contribution in [2.75, 3.05) is 0 Å². The number of nitrogens with zero attached hydrogens (tertiary/aromatic N) is 8. The molecule has 476 valence electrons. The van der Waals surface area contributed by atoms with E-state index in [1.165, 1.54) is 0 Å². The van der Waals surface area contributed by atoms with Crippen LogP contribution in [-0.4, -0.2) is 39.0 Å². The van der Waals surface area contributed by atoms with Gasteiger partial charge in [-0.3, -0.25) is 9.13 Å². The topological polar surface area (TPSA) is 140 Å². The first-order valence-corrected chi connectivity index (χ1v) is 31.4. The summed E-state index contributed by atoms with van der Waals surface area (Å²) < 4.78 is 302. The van der Waals surface area contributed by atoms with Gasteiger partial charge in [-0.05, 0) is 107 Å². The third-order valence-corrected chi connectivity index (χ3v) is 17.5. The Kier molecular flexibility index (Phi) is 7.67. The second kappa shape index (κ2) is 22.7. The molecule has 0 aliphatic heterocycles. The van der Waals surface area contributed by atoms with Gasteiger partial charge < -0.3 is 17.7 Å². The van der Waals surface area contributed by atoms with E-state index in [4.69, 9.17) is 60.0 Å². The van der Waals surface area contributed by atoms with E-state index >= 15 is 0 Å². The SMILES string of the molecule is [2H]c1c([2H])c(-c2ccccc2)c2c(oc3c([2H])c(-c4nc(-c5ccccc5)nc(-n5c6c([2H])c([2H])c([2H])c([2H])c6c6c7oc8c([2H])c([2H])c([2H])c([2H])c8c7c([2H])c([2H])c65)n4)c([2H])c([2H])c32)c1[2H].[2H]c1c([2H])c([2H])c(-c2nc(-c3ccc4c(c3)oc3cccc(-c5ccccc5)c34)nc(-n3c4c([2H])c([2H])c([2H])c([2H])c4c4c5oc6c([2H])c([2H])c([2H])c([2H])c6c5c([2H])c([2H])c43)n2)c([2H])c1[2H]. The van der Waals surface area contributed by atoms with Crippen LogP contribution in [0.1, 0.15) is 42.5 Å². The minimum absolute atomic E-state index is 0.0658. The van der Waals surface area contributed by atoms with E-state index in [2.05, 4.69) is 15.0 Å². The number of hydrogen-bond donors (Lipinski definition) is 0. The highest BCUT2D eigenvalue weighted by Gasteiger charge is 2.26. The summed E-state index contributed by atoms with van der Waals surface area (Å²) in [4.78, 5) is 28.2. The normalized spacial score (nSPS) is 16.2. The summed E-state index contributed by atoms with van der Waals surface area (Å²) in [6.45, 7) is 0. The maximum Gasteiger partial charge on any atom is 0.238 e. The summed E-state index contributed by atoms with van der Waals surface area (Å²) in [5.74, 6) is -1.94. The van der Waals surface area contributed by atoms with Gasteiger partial charge in [0.05, 0.1) is 75.3 Å². The number of furan rings is 4. The minimum Gasteiger partial charge on any atom is -0.456 e. The molecule has 0 aliphatic rings. The molecule has 8 aromatic heterocycles. The Balaban J connectivity index is 0.000000160. The smallest absolute Gasteiger partial charge is 0.238 e. The monoisotopic (exact) mass is 1340 g/mol. The average Bonchev–Trinajstić information content (AvgIpc) is 1.53. The molecule has 22 aromatic rings. The predicted molar refractivity (Wildman–Crippen MR) is 410 cm³/mol. The molecule has 0 atom stereocenters. The van der Waals surface area contributed by atoms with Gasteiger partial charge in [0.25, 0.3) is 0 Å². The standard InChI is InChI=1S/2C45H26N4O2/c2*1-3-12-27(13-4-1)30-18-11-21-38-40(30)34-23-22-29(26-39(34)50-38)44-46-43(28-14-5-2-6-15-28)47-45(48-44)49-35-19-9-7-17-33(35)41-36(49)25-24-32-31-16-8-10-20-37(31)51-42(32)41/h2*1-26H/i7D,8D,9D,10D,11D,16D,17D,18D,19D,20D,21D,22D,23D,24D,25D,26D;2D,5D,6D,7D,8D,9D,10D,14D,15D,16D,17D,19D,20D,24D,25D. The number of benzene rings is 14. The fourth-order valence-electron chi connectivity index (χ4n) is 13.1. The number of hydrogen-bond acceptors (Lipinski definition) is 10. The summed E-state index contributed by atoms with van der Waals surface area (Å²) >= 11 is 0. The van der Waals surface area contributed by atoms with Crippen molar-refractivity contribution in [3.63, 3.8) is 0 Å². The van der Waals surface area contributed by atoms with Crippen molar-refractivity contribution in [1.82, 2.24) is 39.0 Å². The molecule has 8 heterocycles. The molecule has 0 bridgehead atoms. The lowest BCUT2D eigenvalue weighted by Gasteiger charge is -2.11. The van der Waals surface area contributed by atoms with E-state index in [1.807, 2.05) is 48.5 Å². The Morgan fingerprint density at radius 3 is 1.35 bits per heavy atom. The highest BCUT2D eigenvalue weighted by Crippen LogP contribution is 2.45. The van der Waals surface area contributed by atoms with Gasteiger partial charge in [0.2, 0.25) is 11.9 Å². The van der Waals surface area contributed by atoms with Crippen LogP contribution in [0.4, 0.5) is 0 Å². The summed E-state index contributed by atoms with van der Waals surface area (Å²) in [5, 5.41) is 0.0106. The number of rotatable bonds is 8. The Morgan fingerprint density at radius 2 is 0.735 bits per heavy atom. The number of aromatic nitrogens is 8. The molecule has 12 nitrogen and oxygen atoms in total. The van der Waals surface area contributed by atoms with Crippen molar-refractivity contribution < 1.29 is 60.2 Å². The molecule has 0 unspecified atom stereocenters. The maximum absolute atomic E-state index is 9.58. The Bertz CT molecular complexity index is 9090. The largest absolute Gasteiger partial charge is 0.456 e. The van der Waals surface area contributed by atoms with E-state index in [9.17, 15) is 15.1 Å². The van der Waals surface area contributed by atoms with Crippen molar-refractivity contribution in [3.05, 3.63) is 315 Å². The van der Waals surface area contributed by atoms with Crippen LogP contribution in [-0.2, 0) is 0 Å². The number of para-hydroxylation sites is 4. The molecule has 102 heavy (non-hydrogen) atoms. The highest BCUT2D eigenvalue weighted by atomic mass is 16.3. The van der Waals surface area contributed by atoms with Gasteiger partial charge in [-0.15, -0.1) is 0 Å². The summed E-state index contributed by atoms with van der Waals surface area (Å²) in [5.41, 5.74) is 0.528. The van der Waals surface area contributed by atoms with Gasteiger partial charge in [0, 0.05) is 76.1 Å². The summed E-state index contributed by atoms with van der Waals surface area (Å²) in [6.07, 6.45) is 0. The summed E-state index contributed by atoms with van der Waals surface area (Å²) in [6, 6.07) is 19.0. The molecule has 0 amide bonds. The third-order valence-electron chi connectivity index (χ3n) is 17.5. The molecule has 14 aromatic carbocycles. The van der Waals surface area contributed by atoms with Gasteiger partial charge in [0.15, 0.2) is 23.3 Å². The molecule has 12 heteroatoms. The first-order valence-electron chi connectivity index (χ1n) is 46.9. The second-order valence-electron chi connectivity index (χ2n) is 23.3. The van der Waals surface area contributed by atoms with Crippen LogP contribution in [0.5, 0.6) is 0 Å². The van der Waals surface area contributed by atoms with Crippen LogP contribution < -0.4 is 0 Å². The Hall–Kier alpha value is -14.1. The lowest BCUT2D eigenvalue weighted by molar-refractivity contribution is 0.668. The van der Waals surface area contributed by atoms with E-state index < -0.39 is 210 Å². The van der Waals surface area contributed by atoms with E-state index in [0.29, 0.717) is 22.3 Å². The van der Waals surface area contributed by atoms with Crippen LogP contribution in [0, 0.1) is 0 Å². The van der Waals surface area contributed by atoms with Gasteiger partial charge in [-0.2, -0.15) is 19.9 Å². The fraction of sp³-hybridized carbons (Fsp3) is 0. The Morgan fingerprint density at radius 1 is 0.245 bits per heavy atom. The molecular weight excluding hydrogens is 1260 g/mol. The predicted octanol–water partition coefficient (Wildman–Crippen LogP) is 23.5. The first kappa shape index (κ1) is 34.4. The lowest BCUT2D eigenvalue weighted by atomic mass is 9.99. The zero-order valence-corrected chi connectivity index (χ0v) is 51.8. The van der Waals surface area contributed by atoms with Gasteiger partial charge in [-0.1, -0.05) is 230 Å². The lowest BCUT2D eigenvalue weighted by Crippen LogP contribution is -2.06. The van der Waals surface area contributed by atoms with Crippen LogP contribution in [0.25, 0.3) is 211 Å². The third kappa shape index (κ3) is 9.03. The van der Waals surface area contributed by atoms with Crippen LogP contribution >= 0.6 is 0 Å². The van der Waals surface area contributed by atoms with Crippen LogP contribution in [0.15, 0.2) is 332 Å². The highest BCUT2D eigenvalue weighted by molar-refractivity contribution is 6.25. The summed E-state index contributed by atoms with van der Waals surface area (Å²) in [7, 11) is 0. The molecule has 0 spiro atoms. The maximum atomic E-state index is 9.58. The van der Waals surface area contributed by atoms with E-state index in [1.54, 1.807) is 78.9 Å². The van der Waals surface area contributed by atoms with Gasteiger partial charge >= 0.3 is 0 Å². The Labute approximate surface area is 623 Å². The van der Waals surface area contributed by atoms with Crippen molar-refractivity contribution in [2.45, 2.75) is 0 Å². The van der Waals surface area contributed by atoms with Crippen molar-refractivity contribution in [3.8, 4) is 79.7 Å². The quantitative estimate of drug-likeness (QED) is 0.144. The minimum atomic E-state index is -0.694. The van der Waals surface area contributed by atoms with Gasteiger partial charge in [-0.25, -0.2) is 9.97 Å². The fourth-order valence-corrected chi connectivity index (χ4v) is 13.1. The van der Waals surface area contributed by atoms with Gasteiger partial charge in [0.1, 0.15) is 44.7 Å². The van der Waals surface area contributed by atoms with Crippen molar-refractivity contribution in [2.24, 2.45) is 0 Å². The van der Waals surface area contributed by atoms with Crippen molar-refractivity contribution in [1.29, 1.82) is 0 Å². The average molecular weight is 1340 g/mol. The molecule has 22 rings (SSSR count). The van der Waals surface area contributed by atoms with E-state index in [-0.39, 0.29) is 144 Å². The molecular formula is C90H52N8O4. The molecule has 0 aliphatic carbocycles. The molecule has 0 saturated carbocycles. The van der Waals surface area contributed by atoms with Crippen LogP contribution in [0.2, 0.25) is 0 Å². The first-order chi connectivity index (χ1) is 63.5. The molecule has 0 fully saturated rings. The molecule has 0 N–H and O–H groups in total. The second-order valence-corrected chi connectivity index (χ2v) is 23.3.